The van der Waals surface area contributed by atoms with Crippen LogP contribution in [0.1, 0.15) is 31.8 Å². The molecule has 0 radical (unpaired) electrons. The Morgan fingerprint density at radius 1 is 0.636 bits per heavy atom. The topological polar surface area (TPSA) is 46.6 Å². The minimum atomic E-state index is -0.500. The van der Waals surface area contributed by atoms with Gasteiger partial charge in [0.2, 0.25) is 0 Å². The van der Waals surface area contributed by atoms with E-state index in [2.05, 4.69) is 29.2 Å². The summed E-state index contributed by atoms with van der Waals surface area (Å²) in [5.41, 5.74) is 6.79. The maximum absolute atomic E-state index is 12.5. The van der Waals surface area contributed by atoms with Crippen molar-refractivity contribution in [2.24, 2.45) is 0 Å². The van der Waals surface area contributed by atoms with Crippen LogP contribution in [0.5, 0.6) is 0 Å². The van der Waals surface area contributed by atoms with Crippen molar-refractivity contribution < 1.29 is 14.3 Å². The van der Waals surface area contributed by atoms with Gasteiger partial charge in [0.05, 0.1) is 5.56 Å². The number of fused-ring (bicyclic) bond motifs is 1. The number of ether oxygens (including phenoxy) is 1. The Hall–Kier alpha value is -4.18. The molecule has 0 aliphatic carbocycles. The number of rotatable bonds is 6. The first-order valence-corrected chi connectivity index (χ1v) is 10.9. The monoisotopic (exact) mass is 433 g/mol. The highest BCUT2D eigenvalue weighted by Gasteiger charge is 2.19. The van der Waals surface area contributed by atoms with Crippen molar-refractivity contribution in [2.75, 3.05) is 11.5 Å². The number of ketones is 1. The fourth-order valence-electron chi connectivity index (χ4n) is 4.10. The van der Waals surface area contributed by atoms with Crippen LogP contribution in [-0.2, 0) is 17.8 Å². The Morgan fingerprint density at radius 3 is 1.82 bits per heavy atom. The maximum Gasteiger partial charge on any atom is 0.338 e. The second-order valence-corrected chi connectivity index (χ2v) is 8.11. The first-order valence-electron chi connectivity index (χ1n) is 10.9. The maximum atomic E-state index is 12.5. The van der Waals surface area contributed by atoms with E-state index in [0.717, 1.165) is 29.9 Å². The lowest BCUT2D eigenvalue weighted by atomic mass is 10.0. The minimum Gasteiger partial charge on any atom is -0.454 e. The first kappa shape index (κ1) is 20.7. The molecule has 0 aromatic heterocycles. The standard InChI is InChI=1S/C29H23NO3/c31-28(23-12-10-22(11-13-23)21-6-2-1-3-7-21)20-33-29(32)24-14-16-27(17-15-24)30-18-25-8-4-5-9-26(25)19-30/h1-17H,18-20H2. The molecule has 4 aromatic carbocycles. The quantitative estimate of drug-likeness (QED) is 0.280. The molecule has 5 rings (SSSR count). The highest BCUT2D eigenvalue weighted by molar-refractivity contribution is 5.99. The van der Waals surface area contributed by atoms with Crippen LogP contribution < -0.4 is 4.90 Å². The third-order valence-corrected chi connectivity index (χ3v) is 5.96. The van der Waals surface area contributed by atoms with Crippen LogP contribution in [0, 0.1) is 0 Å². The average Bonchev–Trinajstić information content (AvgIpc) is 3.32. The fraction of sp³-hybridized carbons (Fsp3) is 0.103. The van der Waals surface area contributed by atoms with Gasteiger partial charge in [-0.1, -0.05) is 78.9 Å². The van der Waals surface area contributed by atoms with Crippen LogP contribution in [0.2, 0.25) is 0 Å². The van der Waals surface area contributed by atoms with Gasteiger partial charge < -0.3 is 9.64 Å². The van der Waals surface area contributed by atoms with Gasteiger partial charge in [0.1, 0.15) is 0 Å². The van der Waals surface area contributed by atoms with Gasteiger partial charge in [0.25, 0.3) is 0 Å². The number of nitrogens with zero attached hydrogens (tertiary/aromatic N) is 1. The number of hydrogen-bond acceptors (Lipinski definition) is 4. The number of esters is 1. The molecule has 0 spiro atoms. The second-order valence-electron chi connectivity index (χ2n) is 8.11. The Morgan fingerprint density at radius 2 is 1.18 bits per heavy atom. The SMILES string of the molecule is O=C(COC(=O)c1ccc(N2Cc3ccccc3C2)cc1)c1ccc(-c2ccccc2)cc1. The van der Waals surface area contributed by atoms with Crippen LogP contribution in [0.15, 0.2) is 103 Å². The summed E-state index contributed by atoms with van der Waals surface area (Å²) >= 11 is 0. The molecule has 4 nitrogen and oxygen atoms in total. The molecule has 0 unspecified atom stereocenters. The van der Waals surface area contributed by atoms with Gasteiger partial charge in [0.15, 0.2) is 12.4 Å². The van der Waals surface area contributed by atoms with E-state index in [-0.39, 0.29) is 12.4 Å². The van der Waals surface area contributed by atoms with Crippen molar-refractivity contribution in [3.63, 3.8) is 0 Å². The first-order chi connectivity index (χ1) is 16.2. The molecular formula is C29H23NO3. The molecule has 1 heterocycles. The van der Waals surface area contributed by atoms with Gasteiger partial charge in [-0.2, -0.15) is 0 Å². The lowest BCUT2D eigenvalue weighted by Gasteiger charge is -2.17. The van der Waals surface area contributed by atoms with Crippen LogP contribution >= 0.6 is 0 Å². The van der Waals surface area contributed by atoms with Crippen LogP contribution in [0.3, 0.4) is 0 Å². The molecule has 0 bridgehead atoms. The summed E-state index contributed by atoms with van der Waals surface area (Å²) in [6.45, 7) is 1.43. The summed E-state index contributed by atoms with van der Waals surface area (Å²) in [4.78, 5) is 27.2. The summed E-state index contributed by atoms with van der Waals surface area (Å²) in [5, 5.41) is 0. The molecule has 0 fully saturated rings. The average molecular weight is 434 g/mol. The van der Waals surface area contributed by atoms with E-state index in [1.54, 1.807) is 24.3 Å². The molecule has 0 N–H and O–H groups in total. The number of Topliss-reactive ketones (excluding diaryl/α,β-unsaturated/α-hetero) is 1. The van der Waals surface area contributed by atoms with Gasteiger partial charge in [-0.15, -0.1) is 0 Å². The molecule has 0 amide bonds. The van der Waals surface area contributed by atoms with Gasteiger partial charge in [-0.3, -0.25) is 4.79 Å². The zero-order valence-corrected chi connectivity index (χ0v) is 18.1. The Bertz CT molecular complexity index is 1250. The van der Waals surface area contributed by atoms with Gasteiger partial charge in [-0.25, -0.2) is 4.79 Å². The van der Waals surface area contributed by atoms with E-state index in [4.69, 9.17) is 4.74 Å². The normalized spacial score (nSPS) is 12.3. The summed E-state index contributed by atoms with van der Waals surface area (Å²) in [5.74, 6) is -0.727. The fourth-order valence-corrected chi connectivity index (χ4v) is 4.10. The van der Waals surface area contributed by atoms with Crippen LogP contribution in [0.25, 0.3) is 11.1 Å². The smallest absolute Gasteiger partial charge is 0.338 e. The van der Waals surface area contributed by atoms with E-state index in [0.29, 0.717) is 11.1 Å². The van der Waals surface area contributed by atoms with Gasteiger partial charge in [0, 0.05) is 24.3 Å². The van der Waals surface area contributed by atoms with E-state index in [1.807, 2.05) is 54.6 Å². The van der Waals surface area contributed by atoms with E-state index in [9.17, 15) is 9.59 Å². The molecular weight excluding hydrogens is 410 g/mol. The van der Waals surface area contributed by atoms with Crippen molar-refractivity contribution in [2.45, 2.75) is 13.1 Å². The number of carbonyl (C=O) groups excluding carboxylic acids is 2. The van der Waals surface area contributed by atoms with Gasteiger partial charge >= 0.3 is 5.97 Å². The predicted octanol–water partition coefficient (Wildman–Crippen LogP) is 5.91. The van der Waals surface area contributed by atoms with Gasteiger partial charge in [-0.05, 0) is 46.5 Å². The third kappa shape index (κ3) is 4.55. The van der Waals surface area contributed by atoms with E-state index in [1.165, 1.54) is 11.1 Å². The zero-order valence-electron chi connectivity index (χ0n) is 18.1. The molecule has 4 heteroatoms. The van der Waals surface area contributed by atoms with Crippen molar-refractivity contribution in [1.82, 2.24) is 0 Å². The number of anilines is 1. The van der Waals surface area contributed by atoms with Crippen LogP contribution in [0.4, 0.5) is 5.69 Å². The zero-order chi connectivity index (χ0) is 22.6. The molecule has 0 saturated heterocycles. The second kappa shape index (κ2) is 9.13. The largest absolute Gasteiger partial charge is 0.454 e. The molecule has 33 heavy (non-hydrogen) atoms. The summed E-state index contributed by atoms with van der Waals surface area (Å²) in [7, 11) is 0. The van der Waals surface area contributed by atoms with E-state index < -0.39 is 5.97 Å². The highest BCUT2D eigenvalue weighted by Crippen LogP contribution is 2.28. The number of carbonyl (C=O) groups is 2. The van der Waals surface area contributed by atoms with Crippen molar-refractivity contribution >= 4 is 17.4 Å². The number of benzene rings is 4. The lowest BCUT2D eigenvalue weighted by molar-refractivity contribution is 0.0475. The Balaban J connectivity index is 1.17. The summed E-state index contributed by atoms with van der Waals surface area (Å²) in [6.07, 6.45) is 0. The molecule has 0 atom stereocenters. The predicted molar refractivity (Wildman–Crippen MR) is 129 cm³/mol. The molecule has 4 aromatic rings. The molecule has 162 valence electrons. The Labute approximate surface area is 193 Å². The third-order valence-electron chi connectivity index (χ3n) is 5.96. The minimum absolute atomic E-state index is 0.227. The van der Waals surface area contributed by atoms with E-state index >= 15 is 0 Å². The Kier molecular flexibility index (Phi) is 5.73. The van der Waals surface area contributed by atoms with Crippen molar-refractivity contribution in [1.29, 1.82) is 0 Å². The molecule has 0 saturated carbocycles. The van der Waals surface area contributed by atoms with Crippen LogP contribution in [-0.4, -0.2) is 18.4 Å². The lowest BCUT2D eigenvalue weighted by Crippen LogP contribution is -2.16. The van der Waals surface area contributed by atoms with Crippen molar-refractivity contribution in [3.05, 3.63) is 125 Å². The summed E-state index contributed by atoms with van der Waals surface area (Å²) < 4.78 is 5.27. The summed E-state index contributed by atoms with van der Waals surface area (Å²) in [6, 6.07) is 33.0. The molecule has 1 aliphatic rings. The molecule has 1 aliphatic heterocycles. The highest BCUT2D eigenvalue weighted by atomic mass is 16.5. The number of hydrogen-bond donors (Lipinski definition) is 0. The van der Waals surface area contributed by atoms with Crippen molar-refractivity contribution in [3.8, 4) is 11.1 Å².